The molecule has 1 unspecified atom stereocenters. The van der Waals surface area contributed by atoms with Gasteiger partial charge < -0.3 is 25.2 Å². The molecule has 1 saturated heterocycles. The molecule has 0 aromatic heterocycles. The number of carbonyl (C=O) groups excluding carboxylic acids is 1. The zero-order valence-corrected chi connectivity index (χ0v) is 13.2. The first-order valence-corrected chi connectivity index (χ1v) is 7.18. The first-order chi connectivity index (χ1) is 10.3. The number of morpholine rings is 1. The normalized spacial score (nSPS) is 17.4. The van der Waals surface area contributed by atoms with Crippen LogP contribution in [0.1, 0.15) is 12.0 Å². The highest BCUT2D eigenvalue weighted by molar-refractivity contribution is 5.85. The Morgan fingerprint density at radius 2 is 2.18 bits per heavy atom. The van der Waals surface area contributed by atoms with Crippen molar-refractivity contribution in [2.45, 2.75) is 19.0 Å². The molecule has 6 nitrogen and oxygen atoms in total. The number of halogens is 1. The molecule has 1 atom stereocenters. The Morgan fingerprint density at radius 3 is 2.82 bits per heavy atom. The van der Waals surface area contributed by atoms with Gasteiger partial charge >= 0.3 is 0 Å². The average molecular weight is 331 g/mol. The number of carbonyl (C=O) groups is 1. The molecule has 0 aliphatic carbocycles. The lowest BCUT2D eigenvalue weighted by Crippen LogP contribution is -2.44. The first-order valence-electron chi connectivity index (χ1n) is 7.18. The monoisotopic (exact) mass is 330 g/mol. The quantitative estimate of drug-likeness (QED) is 0.677. The summed E-state index contributed by atoms with van der Waals surface area (Å²) in [5.74, 6) is 0.723. The fraction of sp³-hybridized carbons (Fsp3) is 0.533. The predicted molar refractivity (Wildman–Crippen MR) is 85.3 cm³/mol. The molecular weight excluding hydrogens is 308 g/mol. The second kappa shape index (κ2) is 10.4. The van der Waals surface area contributed by atoms with Crippen LogP contribution in [-0.4, -0.2) is 50.0 Å². The standard InChI is InChI=1S/C15H22N2O4.ClH/c18-6-8-21-14-3-1-12(2-4-14)10-17-15(19)9-13-11-20-7-5-16-13;/h1-4,13,16,18H,5-11H2,(H,17,19);1H. The lowest BCUT2D eigenvalue weighted by molar-refractivity contribution is -0.122. The number of benzene rings is 1. The third-order valence-electron chi connectivity index (χ3n) is 3.20. The lowest BCUT2D eigenvalue weighted by atomic mass is 10.1. The van der Waals surface area contributed by atoms with E-state index in [0.717, 1.165) is 12.1 Å². The minimum Gasteiger partial charge on any atom is -0.491 e. The maximum Gasteiger partial charge on any atom is 0.221 e. The Labute approximate surface area is 136 Å². The molecule has 0 spiro atoms. The second-order valence-electron chi connectivity index (χ2n) is 4.92. The van der Waals surface area contributed by atoms with Crippen LogP contribution >= 0.6 is 12.4 Å². The van der Waals surface area contributed by atoms with Gasteiger partial charge in [-0.3, -0.25) is 4.79 Å². The molecule has 1 aliphatic rings. The molecule has 0 saturated carbocycles. The van der Waals surface area contributed by atoms with E-state index in [2.05, 4.69) is 10.6 Å². The van der Waals surface area contributed by atoms with E-state index in [0.29, 0.717) is 31.9 Å². The smallest absolute Gasteiger partial charge is 0.221 e. The van der Waals surface area contributed by atoms with Crippen LogP contribution in [0.4, 0.5) is 0 Å². The SMILES string of the molecule is Cl.O=C(CC1COCCN1)NCc1ccc(OCCO)cc1. The Hall–Kier alpha value is -1.34. The van der Waals surface area contributed by atoms with Gasteiger partial charge in [0.05, 0.1) is 19.8 Å². The number of ether oxygens (including phenoxy) is 2. The highest BCUT2D eigenvalue weighted by atomic mass is 35.5. The number of aliphatic hydroxyl groups is 1. The molecule has 1 fully saturated rings. The first kappa shape index (κ1) is 18.7. The van der Waals surface area contributed by atoms with Crippen molar-refractivity contribution in [3.8, 4) is 5.75 Å². The summed E-state index contributed by atoms with van der Waals surface area (Å²) in [6.07, 6.45) is 0.428. The summed E-state index contributed by atoms with van der Waals surface area (Å²) in [5.41, 5.74) is 1.01. The fourth-order valence-electron chi connectivity index (χ4n) is 2.11. The van der Waals surface area contributed by atoms with Crippen LogP contribution in [0.2, 0.25) is 0 Å². The summed E-state index contributed by atoms with van der Waals surface area (Å²) < 4.78 is 10.6. The molecule has 22 heavy (non-hydrogen) atoms. The summed E-state index contributed by atoms with van der Waals surface area (Å²) in [7, 11) is 0. The van der Waals surface area contributed by atoms with Gasteiger partial charge in [0.25, 0.3) is 0 Å². The maximum atomic E-state index is 11.8. The van der Waals surface area contributed by atoms with Crippen LogP contribution in [0.15, 0.2) is 24.3 Å². The van der Waals surface area contributed by atoms with Gasteiger partial charge in [-0.1, -0.05) is 12.1 Å². The molecule has 3 N–H and O–H groups in total. The molecule has 1 amide bonds. The highest BCUT2D eigenvalue weighted by Crippen LogP contribution is 2.12. The van der Waals surface area contributed by atoms with E-state index in [1.54, 1.807) is 0 Å². The van der Waals surface area contributed by atoms with Crippen LogP contribution in [-0.2, 0) is 16.1 Å². The lowest BCUT2D eigenvalue weighted by Gasteiger charge is -2.23. The largest absolute Gasteiger partial charge is 0.491 e. The van der Waals surface area contributed by atoms with Crippen LogP contribution in [0.3, 0.4) is 0 Å². The minimum absolute atomic E-state index is 0. The average Bonchev–Trinajstić information content (AvgIpc) is 2.53. The third-order valence-corrected chi connectivity index (χ3v) is 3.20. The van der Waals surface area contributed by atoms with E-state index in [-0.39, 0.29) is 37.6 Å². The van der Waals surface area contributed by atoms with E-state index < -0.39 is 0 Å². The Bertz CT molecular complexity index is 436. The molecule has 7 heteroatoms. The third kappa shape index (κ3) is 6.62. The number of hydrogen-bond acceptors (Lipinski definition) is 5. The summed E-state index contributed by atoms with van der Waals surface area (Å²) in [6, 6.07) is 7.55. The summed E-state index contributed by atoms with van der Waals surface area (Å²) in [6.45, 7) is 2.87. The maximum absolute atomic E-state index is 11.8. The number of rotatable bonds is 7. The van der Waals surface area contributed by atoms with E-state index in [4.69, 9.17) is 14.6 Å². The molecule has 0 radical (unpaired) electrons. The number of aliphatic hydroxyl groups excluding tert-OH is 1. The van der Waals surface area contributed by atoms with Crippen molar-refractivity contribution in [2.75, 3.05) is 33.0 Å². The van der Waals surface area contributed by atoms with Crippen LogP contribution in [0.5, 0.6) is 5.75 Å². The molecule has 0 bridgehead atoms. The summed E-state index contributed by atoms with van der Waals surface area (Å²) >= 11 is 0. The Kier molecular flexibility index (Phi) is 8.84. The van der Waals surface area contributed by atoms with Crippen molar-refractivity contribution in [1.82, 2.24) is 10.6 Å². The van der Waals surface area contributed by atoms with E-state index in [9.17, 15) is 4.79 Å². The van der Waals surface area contributed by atoms with Crippen LogP contribution < -0.4 is 15.4 Å². The topological polar surface area (TPSA) is 79.8 Å². The number of hydrogen-bond donors (Lipinski definition) is 3. The van der Waals surface area contributed by atoms with Gasteiger partial charge in [0, 0.05) is 25.6 Å². The van der Waals surface area contributed by atoms with E-state index in [1.807, 2.05) is 24.3 Å². The van der Waals surface area contributed by atoms with Crippen molar-refractivity contribution in [3.05, 3.63) is 29.8 Å². The molecule has 124 valence electrons. The second-order valence-corrected chi connectivity index (χ2v) is 4.92. The summed E-state index contributed by atoms with van der Waals surface area (Å²) in [4.78, 5) is 11.8. The molecule has 1 heterocycles. The predicted octanol–water partition coefficient (Wildman–Crippen LogP) is 0.474. The van der Waals surface area contributed by atoms with E-state index in [1.165, 1.54) is 0 Å². The van der Waals surface area contributed by atoms with Crippen molar-refractivity contribution in [2.24, 2.45) is 0 Å². The molecule has 1 aromatic carbocycles. The zero-order chi connectivity index (χ0) is 14.9. The van der Waals surface area contributed by atoms with Crippen LogP contribution in [0, 0.1) is 0 Å². The molecule has 2 rings (SSSR count). The molecule has 1 aromatic rings. The van der Waals surface area contributed by atoms with Gasteiger partial charge in [-0.25, -0.2) is 0 Å². The van der Waals surface area contributed by atoms with Crippen LogP contribution in [0.25, 0.3) is 0 Å². The van der Waals surface area contributed by atoms with Crippen molar-refractivity contribution in [1.29, 1.82) is 0 Å². The zero-order valence-electron chi connectivity index (χ0n) is 12.4. The van der Waals surface area contributed by atoms with Crippen molar-refractivity contribution < 1.29 is 19.4 Å². The van der Waals surface area contributed by atoms with Gasteiger partial charge in [-0.2, -0.15) is 0 Å². The Balaban J connectivity index is 0.00000242. The summed E-state index contributed by atoms with van der Waals surface area (Å²) in [5, 5.41) is 14.8. The van der Waals surface area contributed by atoms with Crippen molar-refractivity contribution >= 4 is 18.3 Å². The number of nitrogens with one attached hydrogen (secondary N) is 2. The van der Waals surface area contributed by atoms with Gasteiger partial charge in [0.15, 0.2) is 0 Å². The van der Waals surface area contributed by atoms with E-state index >= 15 is 0 Å². The Morgan fingerprint density at radius 1 is 1.41 bits per heavy atom. The number of amides is 1. The fourth-order valence-corrected chi connectivity index (χ4v) is 2.11. The molecule has 1 aliphatic heterocycles. The van der Waals surface area contributed by atoms with Gasteiger partial charge in [-0.15, -0.1) is 12.4 Å². The van der Waals surface area contributed by atoms with Crippen molar-refractivity contribution in [3.63, 3.8) is 0 Å². The van der Waals surface area contributed by atoms with Gasteiger partial charge in [-0.05, 0) is 17.7 Å². The van der Waals surface area contributed by atoms with Gasteiger partial charge in [0.2, 0.25) is 5.91 Å². The van der Waals surface area contributed by atoms with Gasteiger partial charge in [0.1, 0.15) is 12.4 Å². The molecular formula is C15H23ClN2O4. The highest BCUT2D eigenvalue weighted by Gasteiger charge is 2.16. The minimum atomic E-state index is -0.00325.